The third kappa shape index (κ3) is 1.87. The number of fused-ring (bicyclic) bond motifs is 1. The number of halogens is 1. The molecule has 1 N–H and O–H groups in total. The van der Waals surface area contributed by atoms with E-state index in [2.05, 4.69) is 17.4 Å². The molecule has 86 valence electrons. The quantitative estimate of drug-likeness (QED) is 0.788. The zero-order chi connectivity index (χ0) is 11.0. The Labute approximate surface area is 102 Å². The fraction of sp³-hybridized carbons (Fsp3) is 0.571. The van der Waals surface area contributed by atoms with Crippen LogP contribution in [0.25, 0.3) is 0 Å². The molecule has 0 bridgehead atoms. The zero-order valence-corrected chi connectivity index (χ0v) is 10.3. The summed E-state index contributed by atoms with van der Waals surface area (Å²) in [7, 11) is 0. The summed E-state index contributed by atoms with van der Waals surface area (Å²) >= 11 is 6.41. The highest BCUT2D eigenvalue weighted by molar-refractivity contribution is 6.31. The Kier molecular flexibility index (Phi) is 2.91. The topological polar surface area (TPSA) is 12.0 Å². The maximum absolute atomic E-state index is 6.41. The molecule has 0 aromatic heterocycles. The van der Waals surface area contributed by atoms with Crippen molar-refractivity contribution >= 4 is 11.6 Å². The van der Waals surface area contributed by atoms with Crippen molar-refractivity contribution in [2.45, 2.75) is 38.0 Å². The van der Waals surface area contributed by atoms with Gasteiger partial charge in [0.15, 0.2) is 0 Å². The highest BCUT2D eigenvalue weighted by Gasteiger charge is 2.20. The lowest BCUT2D eigenvalue weighted by Crippen LogP contribution is -2.10. The van der Waals surface area contributed by atoms with Gasteiger partial charge >= 0.3 is 0 Å². The maximum Gasteiger partial charge on any atom is 0.0443 e. The molecular formula is C14H18ClN. The number of hydrogen-bond donors (Lipinski definition) is 1. The Morgan fingerprint density at radius 2 is 2.06 bits per heavy atom. The van der Waals surface area contributed by atoms with Crippen LogP contribution in [-0.2, 0) is 12.8 Å². The lowest BCUT2D eigenvalue weighted by atomic mass is 9.87. The molecule has 1 aliphatic heterocycles. The van der Waals surface area contributed by atoms with Crippen molar-refractivity contribution in [3.8, 4) is 0 Å². The molecule has 1 aromatic carbocycles. The number of rotatable bonds is 1. The Hall–Kier alpha value is -0.530. The molecule has 1 unspecified atom stereocenters. The molecular weight excluding hydrogens is 218 g/mol. The molecule has 0 radical (unpaired) electrons. The van der Waals surface area contributed by atoms with Gasteiger partial charge in [-0.1, -0.05) is 17.7 Å². The normalized spacial score (nSPS) is 24.4. The second-order valence-electron chi connectivity index (χ2n) is 5.04. The first-order valence-electron chi connectivity index (χ1n) is 6.36. The monoisotopic (exact) mass is 235 g/mol. The molecule has 1 aromatic rings. The summed E-state index contributed by atoms with van der Waals surface area (Å²) in [5.41, 5.74) is 4.39. The van der Waals surface area contributed by atoms with Crippen LogP contribution < -0.4 is 5.32 Å². The Balaban J connectivity index is 1.97. The minimum absolute atomic E-state index is 0.685. The van der Waals surface area contributed by atoms with E-state index in [1.54, 1.807) is 0 Å². The smallest absolute Gasteiger partial charge is 0.0443 e. The van der Waals surface area contributed by atoms with Gasteiger partial charge in [0.25, 0.3) is 0 Å². The number of aryl methyl sites for hydroxylation is 1. The number of benzene rings is 1. The van der Waals surface area contributed by atoms with Gasteiger partial charge in [0.1, 0.15) is 0 Å². The third-order valence-corrected chi connectivity index (χ3v) is 4.30. The first-order valence-corrected chi connectivity index (χ1v) is 6.74. The molecule has 1 saturated heterocycles. The van der Waals surface area contributed by atoms with Crippen LogP contribution in [0, 0.1) is 0 Å². The summed E-state index contributed by atoms with van der Waals surface area (Å²) < 4.78 is 0. The lowest BCUT2D eigenvalue weighted by molar-refractivity contribution is 0.680. The van der Waals surface area contributed by atoms with Gasteiger partial charge in [-0.3, -0.25) is 0 Å². The van der Waals surface area contributed by atoms with Gasteiger partial charge in [0.2, 0.25) is 0 Å². The molecule has 1 atom stereocenters. The van der Waals surface area contributed by atoms with E-state index in [9.17, 15) is 0 Å². The predicted molar refractivity (Wildman–Crippen MR) is 68.3 cm³/mol. The van der Waals surface area contributed by atoms with E-state index in [1.807, 2.05) is 0 Å². The van der Waals surface area contributed by atoms with Gasteiger partial charge in [-0.15, -0.1) is 0 Å². The summed E-state index contributed by atoms with van der Waals surface area (Å²) in [6.07, 6.45) is 6.29. The minimum atomic E-state index is 0.685. The van der Waals surface area contributed by atoms with Crippen LogP contribution in [0.2, 0.25) is 5.02 Å². The van der Waals surface area contributed by atoms with Gasteiger partial charge in [-0.2, -0.15) is 0 Å². The maximum atomic E-state index is 6.41. The molecule has 0 spiro atoms. The molecule has 0 amide bonds. The summed E-state index contributed by atoms with van der Waals surface area (Å²) in [5, 5.41) is 4.44. The first kappa shape index (κ1) is 10.6. The zero-order valence-electron chi connectivity index (χ0n) is 9.56. The van der Waals surface area contributed by atoms with Gasteiger partial charge < -0.3 is 5.32 Å². The predicted octanol–water partition coefficient (Wildman–Crippen LogP) is 3.30. The van der Waals surface area contributed by atoms with E-state index in [1.165, 1.54) is 48.8 Å². The SMILES string of the molecule is Clc1cc(C2CCNC2)cc2c1CCCC2. The van der Waals surface area contributed by atoms with E-state index in [-0.39, 0.29) is 0 Å². The van der Waals surface area contributed by atoms with Crippen molar-refractivity contribution in [2.75, 3.05) is 13.1 Å². The average Bonchev–Trinajstić information content (AvgIpc) is 2.82. The summed E-state index contributed by atoms with van der Waals surface area (Å²) in [5.74, 6) is 0.685. The third-order valence-electron chi connectivity index (χ3n) is 3.96. The van der Waals surface area contributed by atoms with Crippen LogP contribution in [0.15, 0.2) is 12.1 Å². The van der Waals surface area contributed by atoms with Crippen LogP contribution in [-0.4, -0.2) is 13.1 Å². The second-order valence-corrected chi connectivity index (χ2v) is 5.44. The van der Waals surface area contributed by atoms with E-state index in [0.29, 0.717) is 5.92 Å². The summed E-state index contributed by atoms with van der Waals surface area (Å²) in [4.78, 5) is 0. The molecule has 16 heavy (non-hydrogen) atoms. The largest absolute Gasteiger partial charge is 0.316 e. The standard InChI is InChI=1S/C14H18ClN/c15-14-8-12(11-5-6-16-9-11)7-10-3-1-2-4-13(10)14/h7-8,11,16H,1-6,9H2. The molecule has 2 aliphatic rings. The van der Waals surface area contributed by atoms with E-state index in [4.69, 9.17) is 11.6 Å². The molecule has 2 heteroatoms. The molecule has 1 heterocycles. The first-order chi connectivity index (χ1) is 7.84. The van der Waals surface area contributed by atoms with Gasteiger partial charge in [0.05, 0.1) is 0 Å². The molecule has 1 nitrogen and oxygen atoms in total. The van der Waals surface area contributed by atoms with Crippen molar-refractivity contribution in [1.29, 1.82) is 0 Å². The molecule has 1 aliphatic carbocycles. The Morgan fingerprint density at radius 3 is 2.88 bits per heavy atom. The van der Waals surface area contributed by atoms with Crippen LogP contribution in [0.1, 0.15) is 41.9 Å². The van der Waals surface area contributed by atoms with Gasteiger partial charge in [-0.05, 0) is 67.3 Å². The van der Waals surface area contributed by atoms with E-state index < -0.39 is 0 Å². The van der Waals surface area contributed by atoms with E-state index in [0.717, 1.165) is 18.1 Å². The number of hydrogen-bond acceptors (Lipinski definition) is 1. The second kappa shape index (κ2) is 4.38. The summed E-state index contributed by atoms with van der Waals surface area (Å²) in [6, 6.07) is 4.63. The molecule has 1 fully saturated rings. The van der Waals surface area contributed by atoms with Crippen LogP contribution >= 0.6 is 11.6 Å². The minimum Gasteiger partial charge on any atom is -0.316 e. The highest BCUT2D eigenvalue weighted by atomic mass is 35.5. The van der Waals surface area contributed by atoms with E-state index >= 15 is 0 Å². The van der Waals surface area contributed by atoms with Crippen LogP contribution in [0.3, 0.4) is 0 Å². The van der Waals surface area contributed by atoms with Gasteiger partial charge in [-0.25, -0.2) is 0 Å². The fourth-order valence-corrected chi connectivity index (χ4v) is 3.35. The Morgan fingerprint density at radius 1 is 1.19 bits per heavy atom. The molecule has 3 rings (SSSR count). The highest BCUT2D eigenvalue weighted by Crippen LogP contribution is 2.33. The Bertz CT molecular complexity index is 394. The van der Waals surface area contributed by atoms with Crippen LogP contribution in [0.5, 0.6) is 0 Å². The van der Waals surface area contributed by atoms with Crippen LogP contribution in [0.4, 0.5) is 0 Å². The van der Waals surface area contributed by atoms with Crippen molar-refractivity contribution in [3.63, 3.8) is 0 Å². The van der Waals surface area contributed by atoms with Crippen molar-refractivity contribution in [3.05, 3.63) is 33.8 Å². The van der Waals surface area contributed by atoms with Crippen molar-refractivity contribution in [1.82, 2.24) is 5.32 Å². The molecule has 0 saturated carbocycles. The lowest BCUT2D eigenvalue weighted by Gasteiger charge is -2.20. The number of nitrogens with one attached hydrogen (secondary N) is 1. The van der Waals surface area contributed by atoms with Gasteiger partial charge in [0, 0.05) is 11.6 Å². The average molecular weight is 236 g/mol. The summed E-state index contributed by atoms with van der Waals surface area (Å²) in [6.45, 7) is 2.27. The fourth-order valence-electron chi connectivity index (χ4n) is 3.01. The van der Waals surface area contributed by atoms with Crippen molar-refractivity contribution in [2.24, 2.45) is 0 Å². The van der Waals surface area contributed by atoms with Crippen molar-refractivity contribution < 1.29 is 0 Å².